The van der Waals surface area contributed by atoms with E-state index in [2.05, 4.69) is 150 Å². The van der Waals surface area contributed by atoms with Gasteiger partial charge in [-0.05, 0) is 78.2 Å². The first-order chi connectivity index (χ1) is 24.4. The van der Waals surface area contributed by atoms with Gasteiger partial charge in [-0.1, -0.05) is 111 Å². The molecule has 0 spiro atoms. The molecule has 0 saturated heterocycles. The number of allylic oxidation sites excluding steroid dienone is 2. The maximum atomic E-state index is 4.85. The van der Waals surface area contributed by atoms with E-state index in [1.807, 2.05) is 0 Å². The highest BCUT2D eigenvalue weighted by Crippen LogP contribution is 2.47. The van der Waals surface area contributed by atoms with E-state index < -0.39 is 0 Å². The molecule has 244 valence electrons. The Bertz CT molecular complexity index is 2820. The number of aromatic nitrogens is 2. The van der Waals surface area contributed by atoms with E-state index in [4.69, 9.17) is 14.1 Å². The van der Waals surface area contributed by atoms with Crippen LogP contribution < -0.4 is 10.7 Å². The van der Waals surface area contributed by atoms with Gasteiger partial charge in [-0.15, -0.1) is 0 Å². The number of benzene rings is 4. The molecule has 4 heteroatoms. The normalized spacial score (nSPS) is 17.8. The molecule has 50 heavy (non-hydrogen) atoms. The summed E-state index contributed by atoms with van der Waals surface area (Å²) in [4.78, 5) is 0. The average Bonchev–Trinajstić information content (AvgIpc) is 3.83. The largest absolute Gasteiger partial charge is 0.326 e. The van der Waals surface area contributed by atoms with E-state index >= 15 is 0 Å². The molecule has 1 unspecified atom stereocenters. The molecule has 6 heterocycles. The fourth-order valence-corrected chi connectivity index (χ4v) is 9.95. The van der Waals surface area contributed by atoms with E-state index in [1.165, 1.54) is 111 Å². The SMILES string of the molecule is [CH2-][N+]1=C2C(C)=c3c4ccccc4c4n3C(C)n3c(c5ccccc5c3C(CC)=C1c1ccccc12)C(C)=C1c2ccccc2C(=[N+]1[CH2-])C=4CC. The van der Waals surface area contributed by atoms with Gasteiger partial charge < -0.3 is 18.3 Å². The lowest BCUT2D eigenvalue weighted by atomic mass is 9.95. The van der Waals surface area contributed by atoms with Crippen molar-refractivity contribution in [2.45, 2.75) is 53.6 Å². The summed E-state index contributed by atoms with van der Waals surface area (Å²) in [7, 11) is 9.70. The summed E-state index contributed by atoms with van der Waals surface area (Å²) < 4.78 is 9.84. The third-order valence-electron chi connectivity index (χ3n) is 11.8. The predicted molar refractivity (Wildman–Crippen MR) is 208 cm³/mol. The Balaban J connectivity index is 1.61. The molecule has 4 aromatic carbocycles. The summed E-state index contributed by atoms with van der Waals surface area (Å²) in [5, 5.41) is 7.57. The van der Waals surface area contributed by atoms with E-state index in [0.29, 0.717) is 0 Å². The average molecular weight is 649 g/mol. The predicted octanol–water partition coefficient (Wildman–Crippen LogP) is 8.80. The minimum absolute atomic E-state index is 0.0574. The number of hydrogen-bond donors (Lipinski definition) is 0. The van der Waals surface area contributed by atoms with Gasteiger partial charge in [0.2, 0.25) is 0 Å². The van der Waals surface area contributed by atoms with Gasteiger partial charge in [-0.3, -0.25) is 0 Å². The van der Waals surface area contributed by atoms with Crippen molar-refractivity contribution in [2.75, 3.05) is 0 Å². The zero-order valence-corrected chi connectivity index (χ0v) is 29.4. The van der Waals surface area contributed by atoms with Crippen LogP contribution in [0.5, 0.6) is 0 Å². The first-order valence-electron chi connectivity index (χ1n) is 17.9. The van der Waals surface area contributed by atoms with Gasteiger partial charge in [-0.2, -0.15) is 0 Å². The van der Waals surface area contributed by atoms with Crippen molar-refractivity contribution in [1.82, 2.24) is 9.13 Å². The molecule has 6 bridgehead atoms. The second kappa shape index (κ2) is 10.1. The number of hydrogen-bond acceptors (Lipinski definition) is 0. The number of nitrogens with zero attached hydrogens (tertiary/aromatic N) is 4. The molecule has 2 aromatic heterocycles. The van der Waals surface area contributed by atoms with Crippen molar-refractivity contribution < 1.29 is 9.15 Å². The summed E-state index contributed by atoms with van der Waals surface area (Å²) in [6, 6.07) is 35.9. The quantitative estimate of drug-likeness (QED) is 0.132. The van der Waals surface area contributed by atoms with Crippen LogP contribution in [-0.4, -0.2) is 29.7 Å². The zero-order chi connectivity index (χ0) is 34.2. The van der Waals surface area contributed by atoms with Gasteiger partial charge in [-0.25, -0.2) is 0 Å². The van der Waals surface area contributed by atoms with Crippen LogP contribution >= 0.6 is 0 Å². The van der Waals surface area contributed by atoms with Crippen molar-refractivity contribution in [3.05, 3.63) is 155 Å². The zero-order valence-electron chi connectivity index (χ0n) is 29.4. The Morgan fingerprint density at radius 3 is 1.62 bits per heavy atom. The summed E-state index contributed by atoms with van der Waals surface area (Å²) in [6.07, 6.45) is 1.66. The summed E-state index contributed by atoms with van der Waals surface area (Å²) in [6.45, 7) is 11.7. The molecule has 0 fully saturated rings. The van der Waals surface area contributed by atoms with Crippen LogP contribution in [0.3, 0.4) is 0 Å². The number of rotatable bonds is 2. The molecule has 0 radical (unpaired) electrons. The Hall–Kier alpha value is -5.74. The van der Waals surface area contributed by atoms with Crippen LogP contribution in [-0.2, 0) is 0 Å². The van der Waals surface area contributed by atoms with Crippen molar-refractivity contribution in [1.29, 1.82) is 0 Å². The van der Waals surface area contributed by atoms with Crippen LogP contribution in [0.1, 0.15) is 87.3 Å². The highest BCUT2D eigenvalue weighted by molar-refractivity contribution is 6.31. The monoisotopic (exact) mass is 648 g/mol. The van der Waals surface area contributed by atoms with Crippen LogP contribution in [0.25, 0.3) is 55.2 Å². The lowest BCUT2D eigenvalue weighted by Gasteiger charge is -2.29. The molecule has 0 saturated carbocycles. The van der Waals surface area contributed by atoms with Gasteiger partial charge in [0, 0.05) is 57.7 Å². The van der Waals surface area contributed by atoms with E-state index in [0.717, 1.165) is 12.8 Å². The molecular formula is C46H40N4. The molecule has 1 atom stereocenters. The molecular weight excluding hydrogens is 609 g/mol. The molecule has 4 aliphatic rings. The van der Waals surface area contributed by atoms with E-state index in [1.54, 1.807) is 0 Å². The molecule has 6 aromatic rings. The molecule has 4 nitrogen and oxygen atoms in total. The van der Waals surface area contributed by atoms with Gasteiger partial charge in [0.15, 0.2) is 0 Å². The van der Waals surface area contributed by atoms with Crippen LogP contribution in [0.2, 0.25) is 0 Å². The smallest absolute Gasteiger partial charge is 0.117 e. The Kier molecular flexibility index (Phi) is 5.93. The highest BCUT2D eigenvalue weighted by Gasteiger charge is 2.37. The topological polar surface area (TPSA) is 15.9 Å². The van der Waals surface area contributed by atoms with Crippen molar-refractivity contribution >= 4 is 66.7 Å². The first kappa shape index (κ1) is 29.2. The molecule has 10 rings (SSSR count). The Labute approximate surface area is 293 Å². The Morgan fingerprint density at radius 2 is 1.00 bits per heavy atom. The molecule has 0 amide bonds. The standard InChI is InChI=1S/C46H40N4/c1-8-29-43-35-22-14-10-18-31(35)39(47(43)6)26(3)42-34-21-13-17-25-38(34)46-30(9-2)44-36-23-15-11-19-32(36)40(48(44)7)27(4)41-33-20-12-16-24-37(33)45(29)49(41)28(5)50(42)46/h10-25,28H,6-9H2,1-5H3. The van der Waals surface area contributed by atoms with Gasteiger partial charge in [0.25, 0.3) is 0 Å². The van der Waals surface area contributed by atoms with Crippen LogP contribution in [0, 0.1) is 14.1 Å². The fourth-order valence-electron chi connectivity index (χ4n) is 9.95. The van der Waals surface area contributed by atoms with Gasteiger partial charge in [0.1, 0.15) is 29.0 Å². The van der Waals surface area contributed by atoms with Gasteiger partial charge >= 0.3 is 0 Å². The van der Waals surface area contributed by atoms with Crippen LogP contribution in [0.15, 0.2) is 97.1 Å². The minimum Gasteiger partial charge on any atom is -0.326 e. The maximum Gasteiger partial charge on any atom is 0.117 e. The number of fused-ring (bicyclic) bond motifs is 14. The van der Waals surface area contributed by atoms with E-state index in [9.17, 15) is 0 Å². The third-order valence-corrected chi connectivity index (χ3v) is 11.8. The molecule has 0 aliphatic carbocycles. The van der Waals surface area contributed by atoms with E-state index in [-0.39, 0.29) is 6.17 Å². The lowest BCUT2D eigenvalue weighted by Crippen LogP contribution is -2.39. The fraction of sp³-hybridized carbons (Fsp3) is 0.174. The lowest BCUT2D eigenvalue weighted by molar-refractivity contribution is -0.352. The second-order valence-corrected chi connectivity index (χ2v) is 14.1. The highest BCUT2D eigenvalue weighted by atomic mass is 15.2. The Morgan fingerprint density at radius 1 is 0.520 bits per heavy atom. The summed E-state index contributed by atoms with van der Waals surface area (Å²) in [5.74, 6) is 0. The van der Waals surface area contributed by atoms with Gasteiger partial charge in [0.05, 0.1) is 0 Å². The summed E-state index contributed by atoms with van der Waals surface area (Å²) in [5.41, 5.74) is 17.3. The van der Waals surface area contributed by atoms with Crippen molar-refractivity contribution in [3.63, 3.8) is 0 Å². The third kappa shape index (κ3) is 3.36. The molecule has 0 N–H and O–H groups in total. The second-order valence-electron chi connectivity index (χ2n) is 14.1. The van der Waals surface area contributed by atoms with Crippen LogP contribution in [0.4, 0.5) is 0 Å². The minimum atomic E-state index is -0.0574. The summed E-state index contributed by atoms with van der Waals surface area (Å²) >= 11 is 0. The van der Waals surface area contributed by atoms with Crippen molar-refractivity contribution in [3.8, 4) is 0 Å². The maximum absolute atomic E-state index is 4.85. The molecule has 4 aliphatic heterocycles. The van der Waals surface area contributed by atoms with Crippen molar-refractivity contribution in [2.24, 2.45) is 0 Å². The first-order valence-corrected chi connectivity index (χ1v) is 17.9.